The van der Waals surface area contributed by atoms with Gasteiger partial charge in [0.25, 0.3) is 0 Å². The van der Waals surface area contributed by atoms with Crippen molar-refractivity contribution >= 4 is 5.97 Å². The summed E-state index contributed by atoms with van der Waals surface area (Å²) in [7, 11) is 0. The van der Waals surface area contributed by atoms with Gasteiger partial charge in [0.1, 0.15) is 18.3 Å². The van der Waals surface area contributed by atoms with Gasteiger partial charge >= 0.3 is 5.97 Å². The summed E-state index contributed by atoms with van der Waals surface area (Å²) in [6.45, 7) is 8.13. The fourth-order valence-electron chi connectivity index (χ4n) is 3.75. The van der Waals surface area contributed by atoms with Gasteiger partial charge in [-0.2, -0.15) is 0 Å². The largest absolute Gasteiger partial charge is 0.455 e. The molecule has 0 aromatic carbocycles. The normalized spacial score (nSPS) is 38.1. The van der Waals surface area contributed by atoms with Gasteiger partial charge in [0, 0.05) is 0 Å². The molecule has 0 aromatic heterocycles. The third kappa shape index (κ3) is 2.76. The number of aliphatic hydroxyl groups excluding tert-OH is 1. The molecule has 138 valence electrons. The molecule has 7 nitrogen and oxygen atoms in total. The minimum Gasteiger partial charge on any atom is -0.455 e. The molecule has 1 N–H and O–H groups in total. The molecular formula is C17H28O7. The topological polar surface area (TPSA) is 83.5 Å². The first-order valence-electron chi connectivity index (χ1n) is 8.99. The fraction of sp³-hybridized carbons (Fsp3) is 0.941. The zero-order valence-electron chi connectivity index (χ0n) is 14.8. The van der Waals surface area contributed by atoms with E-state index in [4.69, 9.17) is 23.7 Å². The van der Waals surface area contributed by atoms with Crippen molar-refractivity contribution in [2.24, 2.45) is 0 Å². The van der Waals surface area contributed by atoms with E-state index < -0.39 is 48.1 Å². The summed E-state index contributed by atoms with van der Waals surface area (Å²) in [5, 5.41) is 10.7. The van der Waals surface area contributed by atoms with Crippen LogP contribution in [-0.4, -0.2) is 59.8 Å². The number of aliphatic hydroxyl groups is 1. The van der Waals surface area contributed by atoms with Gasteiger partial charge in [0.2, 0.25) is 0 Å². The Labute approximate surface area is 142 Å². The van der Waals surface area contributed by atoms with Crippen LogP contribution in [0.15, 0.2) is 0 Å². The van der Waals surface area contributed by atoms with Crippen LogP contribution >= 0.6 is 0 Å². The molecule has 0 spiro atoms. The first-order chi connectivity index (χ1) is 11.4. The Morgan fingerprint density at radius 1 is 1.04 bits per heavy atom. The number of ether oxygens (including phenoxy) is 5. The summed E-state index contributed by atoms with van der Waals surface area (Å²) in [5.41, 5.74) is 0. The number of carbonyl (C=O) groups excluding carboxylic acids is 1. The summed E-state index contributed by atoms with van der Waals surface area (Å²) in [6.07, 6.45) is -1.13. The quantitative estimate of drug-likeness (QED) is 0.731. The summed E-state index contributed by atoms with van der Waals surface area (Å²) in [5.74, 6) is -1.93. The number of esters is 1. The number of hydrogen-bond acceptors (Lipinski definition) is 7. The van der Waals surface area contributed by atoms with E-state index in [1.807, 2.05) is 27.7 Å². The number of fused-ring (bicyclic) bond motifs is 1. The Kier molecular flexibility index (Phi) is 4.92. The Hall–Kier alpha value is -0.730. The first kappa shape index (κ1) is 18.1. The standard InChI is InChI=1S/C17H28O7/c1-5-16(6-2)20-9-10(22-16)11(18)12-13-14(15(19)21-12)24-17(7-3,8-4)23-13/h10-14,18H,5-9H2,1-4H3/t10-,11-,12+,13-,14-/m1/s1. The average Bonchev–Trinajstić information content (AvgIpc) is 3.28. The fourth-order valence-corrected chi connectivity index (χ4v) is 3.75. The van der Waals surface area contributed by atoms with E-state index in [0.29, 0.717) is 25.7 Å². The minimum atomic E-state index is -1.02. The lowest BCUT2D eigenvalue weighted by molar-refractivity contribution is -0.221. The Bertz CT molecular complexity index is 472. The molecular weight excluding hydrogens is 316 g/mol. The van der Waals surface area contributed by atoms with Crippen LogP contribution in [0.4, 0.5) is 0 Å². The molecule has 3 fully saturated rings. The molecule has 3 rings (SSSR count). The number of carbonyl (C=O) groups is 1. The second-order valence-corrected chi connectivity index (χ2v) is 6.72. The molecule has 7 heteroatoms. The van der Waals surface area contributed by atoms with Gasteiger partial charge in [0.15, 0.2) is 23.8 Å². The van der Waals surface area contributed by atoms with E-state index in [1.54, 1.807) is 0 Å². The predicted molar refractivity (Wildman–Crippen MR) is 83.1 cm³/mol. The smallest absolute Gasteiger partial charge is 0.338 e. The monoisotopic (exact) mass is 344 g/mol. The molecule has 3 heterocycles. The van der Waals surface area contributed by atoms with Crippen molar-refractivity contribution in [3.8, 4) is 0 Å². The average molecular weight is 344 g/mol. The van der Waals surface area contributed by atoms with E-state index in [0.717, 1.165) is 0 Å². The van der Waals surface area contributed by atoms with Gasteiger partial charge in [-0.15, -0.1) is 0 Å². The third-order valence-electron chi connectivity index (χ3n) is 5.55. The molecule has 3 aliphatic rings. The van der Waals surface area contributed by atoms with Crippen molar-refractivity contribution in [3.05, 3.63) is 0 Å². The third-order valence-corrected chi connectivity index (χ3v) is 5.55. The van der Waals surface area contributed by atoms with E-state index in [1.165, 1.54) is 0 Å². The Morgan fingerprint density at radius 2 is 1.67 bits per heavy atom. The van der Waals surface area contributed by atoms with Crippen molar-refractivity contribution < 1.29 is 33.6 Å². The molecule has 3 aliphatic heterocycles. The molecule has 0 amide bonds. The van der Waals surface area contributed by atoms with Gasteiger partial charge in [-0.25, -0.2) is 4.79 Å². The van der Waals surface area contributed by atoms with Crippen LogP contribution in [0.3, 0.4) is 0 Å². The number of cyclic esters (lactones) is 1. The maximum absolute atomic E-state index is 12.1. The second kappa shape index (κ2) is 6.53. The van der Waals surface area contributed by atoms with E-state index in [9.17, 15) is 9.90 Å². The van der Waals surface area contributed by atoms with Crippen LogP contribution in [-0.2, 0) is 28.5 Å². The zero-order valence-corrected chi connectivity index (χ0v) is 14.8. The van der Waals surface area contributed by atoms with Gasteiger partial charge in [-0.05, 0) is 25.7 Å². The summed E-state index contributed by atoms with van der Waals surface area (Å²) in [6, 6.07) is 0. The molecule has 0 unspecified atom stereocenters. The van der Waals surface area contributed by atoms with Crippen molar-refractivity contribution in [2.45, 2.75) is 95.5 Å². The van der Waals surface area contributed by atoms with Crippen molar-refractivity contribution in [1.29, 1.82) is 0 Å². The van der Waals surface area contributed by atoms with Crippen LogP contribution in [0, 0.1) is 0 Å². The predicted octanol–water partition coefficient (Wildman–Crippen LogP) is 1.50. The highest BCUT2D eigenvalue weighted by atomic mass is 16.8. The molecule has 0 bridgehead atoms. The molecule has 0 saturated carbocycles. The lowest BCUT2D eigenvalue weighted by Crippen LogP contribution is -2.46. The molecule has 3 saturated heterocycles. The van der Waals surface area contributed by atoms with E-state index in [2.05, 4.69) is 0 Å². The summed E-state index contributed by atoms with van der Waals surface area (Å²) in [4.78, 5) is 12.1. The van der Waals surface area contributed by atoms with Gasteiger partial charge in [-0.1, -0.05) is 27.7 Å². The highest BCUT2D eigenvalue weighted by molar-refractivity contribution is 5.78. The maximum atomic E-state index is 12.1. The van der Waals surface area contributed by atoms with Crippen LogP contribution in [0.25, 0.3) is 0 Å². The summed E-state index contributed by atoms with van der Waals surface area (Å²) >= 11 is 0. The van der Waals surface area contributed by atoms with Gasteiger partial charge < -0.3 is 28.8 Å². The SMILES string of the molecule is CCC1(CC)OC[C@H]([C@@H](O)[C@@H]2OC(=O)[C@@H]3OC(CC)(CC)O[C@H]23)O1. The van der Waals surface area contributed by atoms with Crippen LogP contribution in [0.2, 0.25) is 0 Å². The Morgan fingerprint density at radius 3 is 2.21 bits per heavy atom. The number of hydrogen-bond donors (Lipinski definition) is 1. The van der Waals surface area contributed by atoms with Crippen LogP contribution < -0.4 is 0 Å². The highest BCUT2D eigenvalue weighted by Gasteiger charge is 2.61. The second-order valence-electron chi connectivity index (χ2n) is 6.72. The lowest BCUT2D eigenvalue weighted by atomic mass is 10.0. The van der Waals surface area contributed by atoms with Gasteiger partial charge in [-0.3, -0.25) is 0 Å². The van der Waals surface area contributed by atoms with Crippen molar-refractivity contribution in [1.82, 2.24) is 0 Å². The summed E-state index contributed by atoms with van der Waals surface area (Å²) < 4.78 is 28.9. The Balaban J connectivity index is 1.72. The lowest BCUT2D eigenvalue weighted by Gasteiger charge is -2.30. The van der Waals surface area contributed by atoms with Crippen molar-refractivity contribution in [3.63, 3.8) is 0 Å². The van der Waals surface area contributed by atoms with Crippen LogP contribution in [0.1, 0.15) is 53.4 Å². The van der Waals surface area contributed by atoms with Crippen molar-refractivity contribution in [2.75, 3.05) is 6.61 Å². The molecule has 0 aromatic rings. The molecule has 0 aliphatic carbocycles. The molecule has 24 heavy (non-hydrogen) atoms. The van der Waals surface area contributed by atoms with E-state index >= 15 is 0 Å². The zero-order chi connectivity index (χ0) is 17.5. The highest BCUT2D eigenvalue weighted by Crippen LogP contribution is 2.42. The first-order valence-corrected chi connectivity index (χ1v) is 8.99. The van der Waals surface area contributed by atoms with E-state index in [-0.39, 0.29) is 6.61 Å². The molecule has 0 radical (unpaired) electrons. The number of rotatable bonds is 6. The minimum absolute atomic E-state index is 0.266. The van der Waals surface area contributed by atoms with Crippen LogP contribution in [0.5, 0.6) is 0 Å². The maximum Gasteiger partial charge on any atom is 0.338 e. The van der Waals surface area contributed by atoms with Gasteiger partial charge in [0.05, 0.1) is 6.61 Å². The molecule has 5 atom stereocenters.